The second-order valence-corrected chi connectivity index (χ2v) is 9.35. The number of halogens is 1. The summed E-state index contributed by atoms with van der Waals surface area (Å²) in [5.41, 5.74) is 1.31. The molecule has 168 valence electrons. The number of aromatic amines is 1. The van der Waals surface area contributed by atoms with Gasteiger partial charge >= 0.3 is 5.97 Å². The Hall–Kier alpha value is -2.92. The third-order valence-electron chi connectivity index (χ3n) is 4.95. The highest BCUT2D eigenvalue weighted by atomic mass is 35.5. The molecule has 1 aliphatic heterocycles. The number of H-pyrrole nitrogens is 1. The van der Waals surface area contributed by atoms with E-state index in [0.717, 1.165) is 5.52 Å². The highest BCUT2D eigenvalue weighted by Crippen LogP contribution is 2.28. The number of morpholine rings is 1. The topological polar surface area (TPSA) is 118 Å². The standard InChI is InChI=1S/C21H20ClN3O6S/c22-17-6-5-14(11-19(17)32(28,29)25-7-9-30-10-8-25)24-20(26)13-31-21(27)16-12-23-18-4-2-1-3-15(16)18/h1-6,11-12,23H,7-10,13H2,(H,24,26). The van der Waals surface area contributed by atoms with Crippen molar-refractivity contribution in [3.63, 3.8) is 0 Å². The van der Waals surface area contributed by atoms with Gasteiger partial charge in [-0.1, -0.05) is 29.8 Å². The number of rotatable bonds is 6. The normalized spacial score (nSPS) is 14.9. The molecule has 11 heteroatoms. The third kappa shape index (κ3) is 4.63. The number of amides is 1. The van der Waals surface area contributed by atoms with Crippen LogP contribution in [0.25, 0.3) is 10.9 Å². The van der Waals surface area contributed by atoms with Crippen LogP contribution in [0.4, 0.5) is 5.69 Å². The number of hydrogen-bond acceptors (Lipinski definition) is 6. The van der Waals surface area contributed by atoms with Crippen LogP contribution in [-0.2, 0) is 24.3 Å². The SMILES string of the molecule is O=C(COC(=O)c1c[nH]c2ccccc12)Nc1ccc(Cl)c(S(=O)(=O)N2CCOCC2)c1. The van der Waals surface area contributed by atoms with Crippen LogP contribution in [0.15, 0.2) is 53.6 Å². The quantitative estimate of drug-likeness (QED) is 0.527. The molecular weight excluding hydrogens is 458 g/mol. The molecule has 9 nitrogen and oxygen atoms in total. The average Bonchev–Trinajstić information content (AvgIpc) is 3.23. The summed E-state index contributed by atoms with van der Waals surface area (Å²) in [5, 5.41) is 3.26. The van der Waals surface area contributed by atoms with E-state index >= 15 is 0 Å². The molecule has 2 heterocycles. The Kier molecular flexibility index (Phi) is 6.47. The van der Waals surface area contributed by atoms with E-state index < -0.39 is 28.5 Å². The molecule has 0 unspecified atom stereocenters. The van der Waals surface area contributed by atoms with Gasteiger partial charge < -0.3 is 19.8 Å². The molecular formula is C21H20ClN3O6S. The summed E-state index contributed by atoms with van der Waals surface area (Å²) in [6, 6.07) is 11.4. The zero-order chi connectivity index (χ0) is 22.7. The number of carbonyl (C=O) groups is 2. The van der Waals surface area contributed by atoms with Crippen molar-refractivity contribution in [3.05, 3.63) is 59.2 Å². The number of aromatic nitrogens is 1. The molecule has 0 aliphatic carbocycles. The molecule has 1 fully saturated rings. The number of anilines is 1. The number of sulfonamides is 1. The fraction of sp³-hybridized carbons (Fsp3) is 0.238. The molecule has 3 aromatic rings. The molecule has 1 aromatic heterocycles. The van der Waals surface area contributed by atoms with Gasteiger partial charge in [0.1, 0.15) is 4.90 Å². The predicted octanol–water partition coefficient (Wildman–Crippen LogP) is 2.64. The highest BCUT2D eigenvalue weighted by molar-refractivity contribution is 7.89. The predicted molar refractivity (Wildman–Crippen MR) is 118 cm³/mol. The maximum atomic E-state index is 12.9. The molecule has 32 heavy (non-hydrogen) atoms. The Bertz CT molecular complexity index is 1270. The van der Waals surface area contributed by atoms with Crippen LogP contribution in [0.1, 0.15) is 10.4 Å². The van der Waals surface area contributed by atoms with Crippen LogP contribution < -0.4 is 5.32 Å². The van der Waals surface area contributed by atoms with Crippen LogP contribution in [0, 0.1) is 0 Å². The number of para-hydroxylation sites is 1. The summed E-state index contributed by atoms with van der Waals surface area (Å²) >= 11 is 6.12. The van der Waals surface area contributed by atoms with E-state index in [0.29, 0.717) is 24.2 Å². The van der Waals surface area contributed by atoms with Crippen LogP contribution in [0.5, 0.6) is 0 Å². The van der Waals surface area contributed by atoms with Gasteiger partial charge in [0.2, 0.25) is 10.0 Å². The lowest BCUT2D eigenvalue weighted by atomic mass is 10.2. The Labute approximate surface area is 189 Å². The average molecular weight is 478 g/mol. The summed E-state index contributed by atoms with van der Waals surface area (Å²) < 4.78 is 37.4. The van der Waals surface area contributed by atoms with Gasteiger partial charge in [-0.15, -0.1) is 0 Å². The van der Waals surface area contributed by atoms with Crippen molar-refractivity contribution in [3.8, 4) is 0 Å². The maximum absolute atomic E-state index is 12.9. The number of fused-ring (bicyclic) bond motifs is 1. The van der Waals surface area contributed by atoms with E-state index in [1.54, 1.807) is 12.1 Å². The lowest BCUT2D eigenvalue weighted by Gasteiger charge is -2.26. The van der Waals surface area contributed by atoms with Crippen molar-refractivity contribution < 1.29 is 27.5 Å². The zero-order valence-corrected chi connectivity index (χ0v) is 18.4. The fourth-order valence-corrected chi connectivity index (χ4v) is 5.26. The third-order valence-corrected chi connectivity index (χ3v) is 7.33. The van der Waals surface area contributed by atoms with Gasteiger partial charge in [-0.3, -0.25) is 4.79 Å². The molecule has 4 rings (SSSR count). The number of hydrogen-bond donors (Lipinski definition) is 2. The van der Waals surface area contributed by atoms with Crippen molar-refractivity contribution in [1.29, 1.82) is 0 Å². The first-order chi connectivity index (χ1) is 15.4. The molecule has 0 saturated carbocycles. The number of nitrogens with one attached hydrogen (secondary N) is 2. The summed E-state index contributed by atoms with van der Waals surface area (Å²) in [5.74, 6) is -1.26. The minimum absolute atomic E-state index is 0.0419. The number of nitrogens with zero attached hydrogens (tertiary/aromatic N) is 1. The lowest BCUT2D eigenvalue weighted by Crippen LogP contribution is -2.40. The number of benzene rings is 2. The molecule has 1 saturated heterocycles. The van der Waals surface area contributed by atoms with E-state index in [9.17, 15) is 18.0 Å². The first kappa shape index (κ1) is 22.3. The molecule has 0 spiro atoms. The van der Waals surface area contributed by atoms with E-state index in [-0.39, 0.29) is 28.7 Å². The number of esters is 1. The van der Waals surface area contributed by atoms with Crippen LogP contribution in [-0.4, -0.2) is 62.5 Å². The molecule has 0 atom stereocenters. The Balaban J connectivity index is 1.42. The largest absolute Gasteiger partial charge is 0.452 e. The van der Waals surface area contributed by atoms with Gasteiger partial charge in [-0.2, -0.15) is 4.31 Å². The molecule has 0 bridgehead atoms. The monoisotopic (exact) mass is 477 g/mol. The molecule has 0 radical (unpaired) electrons. The molecule has 2 aromatic carbocycles. The highest BCUT2D eigenvalue weighted by Gasteiger charge is 2.28. The summed E-state index contributed by atoms with van der Waals surface area (Å²) in [4.78, 5) is 27.5. The first-order valence-electron chi connectivity index (χ1n) is 9.77. The Morgan fingerprint density at radius 3 is 2.69 bits per heavy atom. The summed E-state index contributed by atoms with van der Waals surface area (Å²) in [7, 11) is -3.85. The van der Waals surface area contributed by atoms with Gasteiger partial charge in [0.05, 0.1) is 23.8 Å². The maximum Gasteiger partial charge on any atom is 0.340 e. The van der Waals surface area contributed by atoms with Crippen LogP contribution in [0.3, 0.4) is 0 Å². The van der Waals surface area contributed by atoms with E-state index in [1.165, 1.54) is 28.7 Å². The van der Waals surface area contributed by atoms with Crippen molar-refractivity contribution in [2.75, 3.05) is 38.2 Å². The van der Waals surface area contributed by atoms with Crippen molar-refractivity contribution >= 4 is 50.1 Å². The minimum atomic E-state index is -3.85. The Morgan fingerprint density at radius 2 is 1.91 bits per heavy atom. The fourth-order valence-electron chi connectivity index (χ4n) is 3.35. The van der Waals surface area contributed by atoms with Gasteiger partial charge in [0.25, 0.3) is 5.91 Å². The minimum Gasteiger partial charge on any atom is -0.452 e. The second kappa shape index (κ2) is 9.29. The van der Waals surface area contributed by atoms with Gasteiger partial charge in [0, 0.05) is 35.9 Å². The Morgan fingerprint density at radius 1 is 1.16 bits per heavy atom. The van der Waals surface area contributed by atoms with Crippen LogP contribution >= 0.6 is 11.6 Å². The molecule has 1 amide bonds. The number of carbonyl (C=O) groups excluding carboxylic acids is 2. The number of ether oxygens (including phenoxy) is 2. The second-order valence-electron chi connectivity index (χ2n) is 7.03. The van der Waals surface area contributed by atoms with Crippen LogP contribution in [0.2, 0.25) is 5.02 Å². The molecule has 2 N–H and O–H groups in total. The molecule has 1 aliphatic rings. The van der Waals surface area contributed by atoms with E-state index in [1.807, 2.05) is 12.1 Å². The van der Waals surface area contributed by atoms with Crippen molar-refractivity contribution in [1.82, 2.24) is 9.29 Å². The van der Waals surface area contributed by atoms with Crippen molar-refractivity contribution in [2.45, 2.75) is 4.90 Å². The van der Waals surface area contributed by atoms with E-state index in [2.05, 4.69) is 10.3 Å². The lowest BCUT2D eigenvalue weighted by molar-refractivity contribution is -0.119. The van der Waals surface area contributed by atoms with Gasteiger partial charge in [0.15, 0.2) is 6.61 Å². The van der Waals surface area contributed by atoms with Gasteiger partial charge in [-0.25, -0.2) is 13.2 Å². The summed E-state index contributed by atoms with van der Waals surface area (Å²) in [6.45, 7) is 0.509. The zero-order valence-electron chi connectivity index (χ0n) is 16.8. The summed E-state index contributed by atoms with van der Waals surface area (Å²) in [6.07, 6.45) is 1.52. The smallest absolute Gasteiger partial charge is 0.340 e. The van der Waals surface area contributed by atoms with E-state index in [4.69, 9.17) is 21.1 Å². The van der Waals surface area contributed by atoms with Gasteiger partial charge in [-0.05, 0) is 24.3 Å². The first-order valence-corrected chi connectivity index (χ1v) is 11.6. The van der Waals surface area contributed by atoms with Crippen molar-refractivity contribution in [2.24, 2.45) is 0 Å².